The first-order valence-corrected chi connectivity index (χ1v) is 7.91. The van der Waals surface area contributed by atoms with Gasteiger partial charge in [-0.1, -0.05) is 13.8 Å². The minimum Gasteiger partial charge on any atom is -0.462 e. The molecule has 20 heavy (non-hydrogen) atoms. The molecule has 0 aliphatic carbocycles. The standard InChI is InChI=1S/C13H17N2O4P/c1-3-8-7-9(4-2)13(14)15-11(8)12-10(5-6-19-12)20(16,17)18/h5-7H,3-4H2,1-2H3,(H2,14,15)(H2,16,17,18). The maximum absolute atomic E-state index is 11.5. The number of aryl methyl sites for hydroxylation is 2. The molecule has 0 unspecified atom stereocenters. The molecule has 108 valence electrons. The summed E-state index contributed by atoms with van der Waals surface area (Å²) in [5.41, 5.74) is 8.03. The van der Waals surface area contributed by atoms with Gasteiger partial charge in [-0.3, -0.25) is 4.57 Å². The Morgan fingerprint density at radius 1 is 1.30 bits per heavy atom. The van der Waals surface area contributed by atoms with Crippen molar-refractivity contribution >= 4 is 18.7 Å². The molecule has 0 saturated heterocycles. The van der Waals surface area contributed by atoms with Crippen LogP contribution in [0.1, 0.15) is 25.0 Å². The topological polar surface area (TPSA) is 110 Å². The average molecular weight is 296 g/mol. The fourth-order valence-corrected chi connectivity index (χ4v) is 2.75. The van der Waals surface area contributed by atoms with Crippen LogP contribution in [0.5, 0.6) is 0 Å². The SMILES string of the molecule is CCc1cc(CC)c(-c2occc2P(=O)(O)O)nc1N. The van der Waals surface area contributed by atoms with Gasteiger partial charge in [-0.15, -0.1) is 0 Å². The number of rotatable bonds is 4. The van der Waals surface area contributed by atoms with E-state index in [0.717, 1.165) is 17.5 Å². The Bertz CT molecular complexity index is 675. The van der Waals surface area contributed by atoms with Gasteiger partial charge in [-0.2, -0.15) is 0 Å². The summed E-state index contributed by atoms with van der Waals surface area (Å²) < 4.78 is 16.7. The van der Waals surface area contributed by atoms with Gasteiger partial charge in [0.05, 0.1) is 6.26 Å². The summed E-state index contributed by atoms with van der Waals surface area (Å²) in [5.74, 6) is 0.442. The Labute approximate surface area is 116 Å². The molecule has 2 rings (SSSR count). The van der Waals surface area contributed by atoms with Gasteiger partial charge in [0.15, 0.2) is 5.76 Å². The van der Waals surface area contributed by atoms with E-state index in [4.69, 9.17) is 10.2 Å². The molecule has 6 nitrogen and oxygen atoms in total. The van der Waals surface area contributed by atoms with Crippen molar-refractivity contribution in [1.29, 1.82) is 0 Å². The Morgan fingerprint density at radius 3 is 2.50 bits per heavy atom. The van der Waals surface area contributed by atoms with Crippen LogP contribution in [-0.4, -0.2) is 14.8 Å². The number of hydrogen-bond acceptors (Lipinski definition) is 4. The maximum atomic E-state index is 11.5. The summed E-state index contributed by atoms with van der Waals surface area (Å²) in [7, 11) is -4.41. The molecular weight excluding hydrogens is 279 g/mol. The van der Waals surface area contributed by atoms with E-state index in [1.807, 2.05) is 19.9 Å². The van der Waals surface area contributed by atoms with Crippen molar-refractivity contribution in [2.75, 3.05) is 5.73 Å². The lowest BCUT2D eigenvalue weighted by atomic mass is 10.0. The molecule has 0 amide bonds. The zero-order valence-corrected chi connectivity index (χ0v) is 12.2. The summed E-state index contributed by atoms with van der Waals surface area (Å²) in [6.07, 6.45) is 2.65. The van der Waals surface area contributed by atoms with Crippen molar-refractivity contribution < 1.29 is 18.8 Å². The fourth-order valence-electron chi connectivity index (χ4n) is 2.08. The van der Waals surface area contributed by atoms with E-state index in [1.54, 1.807) is 0 Å². The number of anilines is 1. The van der Waals surface area contributed by atoms with Crippen LogP contribution in [0.25, 0.3) is 11.5 Å². The lowest BCUT2D eigenvalue weighted by Gasteiger charge is -2.11. The number of nitrogens with two attached hydrogens (primary N) is 1. The molecule has 0 aromatic carbocycles. The Hall–Kier alpha value is -1.62. The van der Waals surface area contributed by atoms with Gasteiger partial charge in [-0.05, 0) is 36.1 Å². The van der Waals surface area contributed by atoms with Crippen LogP contribution in [0.15, 0.2) is 22.8 Å². The second-order valence-corrected chi connectivity index (χ2v) is 6.00. The largest absolute Gasteiger partial charge is 0.462 e. The Balaban J connectivity index is 2.67. The summed E-state index contributed by atoms with van der Waals surface area (Å²) in [6, 6.07) is 3.17. The second kappa shape index (κ2) is 5.40. The van der Waals surface area contributed by atoms with Crippen molar-refractivity contribution in [2.45, 2.75) is 26.7 Å². The first-order valence-electron chi connectivity index (χ1n) is 6.30. The zero-order valence-electron chi connectivity index (χ0n) is 11.3. The van der Waals surface area contributed by atoms with Crippen LogP contribution in [-0.2, 0) is 17.4 Å². The summed E-state index contributed by atoms with van der Waals surface area (Å²) in [4.78, 5) is 23.0. The molecule has 0 spiro atoms. The highest BCUT2D eigenvalue weighted by atomic mass is 31.2. The number of nitrogens with zero attached hydrogens (tertiary/aromatic N) is 1. The van der Waals surface area contributed by atoms with Gasteiger partial charge in [0.25, 0.3) is 0 Å². The molecule has 0 saturated carbocycles. The van der Waals surface area contributed by atoms with Crippen LogP contribution >= 0.6 is 7.60 Å². The van der Waals surface area contributed by atoms with E-state index in [0.29, 0.717) is 17.9 Å². The molecule has 0 fully saturated rings. The fraction of sp³-hybridized carbons (Fsp3) is 0.308. The van der Waals surface area contributed by atoms with Crippen molar-refractivity contribution in [3.05, 3.63) is 29.5 Å². The predicted molar refractivity (Wildman–Crippen MR) is 76.8 cm³/mol. The third-order valence-electron chi connectivity index (χ3n) is 3.15. The van der Waals surface area contributed by atoms with Gasteiger partial charge < -0.3 is 19.9 Å². The van der Waals surface area contributed by atoms with Crippen LogP contribution < -0.4 is 11.0 Å². The smallest absolute Gasteiger partial charge is 0.360 e. The number of hydrogen-bond donors (Lipinski definition) is 3. The molecule has 0 bridgehead atoms. The number of aromatic nitrogens is 1. The van der Waals surface area contributed by atoms with E-state index in [1.165, 1.54) is 12.3 Å². The lowest BCUT2D eigenvalue weighted by molar-refractivity contribution is 0.387. The molecule has 0 aliphatic heterocycles. The summed E-state index contributed by atoms with van der Waals surface area (Å²) in [5, 5.41) is -0.164. The van der Waals surface area contributed by atoms with Crippen LogP contribution in [0.4, 0.5) is 5.82 Å². The molecule has 0 atom stereocenters. The molecular formula is C13H17N2O4P. The van der Waals surface area contributed by atoms with Crippen LogP contribution in [0, 0.1) is 0 Å². The minimum absolute atomic E-state index is 0.0875. The normalized spacial score (nSPS) is 11.8. The van der Waals surface area contributed by atoms with Gasteiger partial charge in [0, 0.05) is 0 Å². The lowest BCUT2D eigenvalue weighted by Crippen LogP contribution is -2.08. The van der Waals surface area contributed by atoms with Crippen molar-refractivity contribution in [3.63, 3.8) is 0 Å². The third kappa shape index (κ3) is 2.63. The van der Waals surface area contributed by atoms with Gasteiger partial charge in [0.1, 0.15) is 16.8 Å². The Kier molecular flexibility index (Phi) is 3.99. The van der Waals surface area contributed by atoms with Gasteiger partial charge in [-0.25, -0.2) is 4.98 Å². The van der Waals surface area contributed by atoms with Crippen LogP contribution in [0.3, 0.4) is 0 Å². The summed E-state index contributed by atoms with van der Waals surface area (Å²) in [6.45, 7) is 3.91. The van der Waals surface area contributed by atoms with E-state index < -0.39 is 7.60 Å². The zero-order chi connectivity index (χ0) is 14.9. The number of nitrogen functional groups attached to an aromatic ring is 1. The highest BCUT2D eigenvalue weighted by Gasteiger charge is 2.27. The quantitative estimate of drug-likeness (QED) is 0.743. The third-order valence-corrected chi connectivity index (χ3v) is 4.13. The first kappa shape index (κ1) is 14.8. The van der Waals surface area contributed by atoms with Gasteiger partial charge >= 0.3 is 7.60 Å². The molecule has 2 aromatic rings. The average Bonchev–Trinajstić information content (AvgIpc) is 2.87. The summed E-state index contributed by atoms with van der Waals surface area (Å²) >= 11 is 0. The molecule has 0 radical (unpaired) electrons. The van der Waals surface area contributed by atoms with E-state index >= 15 is 0 Å². The minimum atomic E-state index is -4.41. The van der Waals surface area contributed by atoms with E-state index in [9.17, 15) is 14.4 Å². The maximum Gasteiger partial charge on any atom is 0.360 e. The van der Waals surface area contributed by atoms with E-state index in [2.05, 4.69) is 4.98 Å². The highest BCUT2D eigenvalue weighted by molar-refractivity contribution is 7.60. The number of pyridine rings is 1. The molecule has 2 heterocycles. The van der Waals surface area contributed by atoms with E-state index in [-0.39, 0.29) is 11.1 Å². The second-order valence-electron chi connectivity index (χ2n) is 4.43. The Morgan fingerprint density at radius 2 is 1.95 bits per heavy atom. The molecule has 4 N–H and O–H groups in total. The highest BCUT2D eigenvalue weighted by Crippen LogP contribution is 2.39. The van der Waals surface area contributed by atoms with Crippen molar-refractivity contribution in [1.82, 2.24) is 4.98 Å². The van der Waals surface area contributed by atoms with Gasteiger partial charge in [0.2, 0.25) is 0 Å². The molecule has 7 heteroatoms. The molecule has 0 aliphatic rings. The van der Waals surface area contributed by atoms with Crippen LogP contribution in [0.2, 0.25) is 0 Å². The predicted octanol–water partition coefficient (Wildman–Crippen LogP) is 1.85. The number of furan rings is 1. The monoisotopic (exact) mass is 296 g/mol. The van der Waals surface area contributed by atoms with Crippen molar-refractivity contribution in [3.8, 4) is 11.5 Å². The molecule has 2 aromatic heterocycles. The first-order chi connectivity index (χ1) is 9.38. The van der Waals surface area contributed by atoms with Crippen molar-refractivity contribution in [2.24, 2.45) is 0 Å².